The predicted molar refractivity (Wildman–Crippen MR) is 88.5 cm³/mol. The lowest BCUT2D eigenvalue weighted by atomic mass is 9.81. The average molecular weight is 363 g/mol. The second-order valence-corrected chi connectivity index (χ2v) is 6.55. The quantitative estimate of drug-likeness (QED) is 0.490. The van der Waals surface area contributed by atoms with E-state index in [1.807, 2.05) is 0 Å². The molecule has 0 aromatic heterocycles. The highest BCUT2D eigenvalue weighted by Gasteiger charge is 2.47. The molecular formula is C17H18FN3O5. The molecule has 3 rings (SSSR count). The summed E-state index contributed by atoms with van der Waals surface area (Å²) in [6.45, 7) is -0.0280. The number of anilines is 1. The minimum atomic E-state index is -0.996. The zero-order valence-electron chi connectivity index (χ0n) is 13.9. The van der Waals surface area contributed by atoms with Crippen LogP contribution >= 0.6 is 0 Å². The number of rotatable bonds is 5. The maximum atomic E-state index is 13.3. The van der Waals surface area contributed by atoms with Gasteiger partial charge >= 0.3 is 5.69 Å². The number of likely N-dealkylation sites (tertiary alicyclic amines) is 1. The van der Waals surface area contributed by atoms with E-state index in [9.17, 15) is 28.9 Å². The third-order valence-electron chi connectivity index (χ3n) is 4.92. The Balaban J connectivity index is 1.59. The molecule has 2 aliphatic rings. The fourth-order valence-electron chi connectivity index (χ4n) is 3.62. The number of carbonyl (C=O) groups excluding carboxylic acids is 3. The zero-order valence-corrected chi connectivity index (χ0v) is 13.9. The van der Waals surface area contributed by atoms with Crippen molar-refractivity contribution in [3.05, 3.63) is 34.1 Å². The van der Waals surface area contributed by atoms with E-state index in [-0.39, 0.29) is 42.3 Å². The van der Waals surface area contributed by atoms with Crippen LogP contribution in [-0.4, -0.2) is 34.1 Å². The van der Waals surface area contributed by atoms with Crippen LogP contribution in [0.1, 0.15) is 32.1 Å². The molecule has 1 aliphatic heterocycles. The molecule has 1 N–H and O–H groups in total. The van der Waals surface area contributed by atoms with Gasteiger partial charge in [-0.05, 0) is 25.0 Å². The van der Waals surface area contributed by atoms with Gasteiger partial charge < -0.3 is 5.32 Å². The van der Waals surface area contributed by atoms with E-state index in [0.717, 1.165) is 29.9 Å². The van der Waals surface area contributed by atoms with Gasteiger partial charge in [0.1, 0.15) is 0 Å². The molecule has 2 fully saturated rings. The van der Waals surface area contributed by atoms with Crippen LogP contribution in [0.5, 0.6) is 0 Å². The number of amides is 3. The van der Waals surface area contributed by atoms with Gasteiger partial charge in [0.2, 0.25) is 23.5 Å². The zero-order chi connectivity index (χ0) is 18.8. The molecule has 26 heavy (non-hydrogen) atoms. The molecule has 8 nitrogen and oxygen atoms in total. The van der Waals surface area contributed by atoms with Crippen molar-refractivity contribution < 1.29 is 23.7 Å². The Morgan fingerprint density at radius 3 is 2.42 bits per heavy atom. The highest BCUT2D eigenvalue weighted by molar-refractivity contribution is 6.05. The van der Waals surface area contributed by atoms with Crippen molar-refractivity contribution >= 4 is 29.1 Å². The molecule has 2 atom stereocenters. The first-order valence-corrected chi connectivity index (χ1v) is 8.47. The van der Waals surface area contributed by atoms with Gasteiger partial charge in [0.15, 0.2) is 0 Å². The van der Waals surface area contributed by atoms with Crippen LogP contribution in [-0.2, 0) is 14.4 Å². The average Bonchev–Trinajstić information content (AvgIpc) is 2.86. The van der Waals surface area contributed by atoms with Gasteiger partial charge in [-0.2, -0.15) is 4.39 Å². The molecule has 1 saturated carbocycles. The molecule has 1 heterocycles. The van der Waals surface area contributed by atoms with Crippen molar-refractivity contribution in [1.82, 2.24) is 4.90 Å². The Morgan fingerprint density at radius 1 is 1.23 bits per heavy atom. The lowest BCUT2D eigenvalue weighted by Gasteiger charge is -2.19. The second kappa shape index (κ2) is 7.19. The molecule has 1 aromatic carbocycles. The molecule has 3 amide bonds. The van der Waals surface area contributed by atoms with Crippen LogP contribution in [0.4, 0.5) is 15.8 Å². The first kappa shape index (κ1) is 18.0. The van der Waals surface area contributed by atoms with E-state index in [4.69, 9.17) is 0 Å². The highest BCUT2D eigenvalue weighted by Crippen LogP contribution is 2.38. The molecule has 9 heteroatoms. The van der Waals surface area contributed by atoms with Crippen molar-refractivity contribution in [3.8, 4) is 0 Å². The number of imide groups is 1. The van der Waals surface area contributed by atoms with Crippen LogP contribution in [0, 0.1) is 27.8 Å². The summed E-state index contributed by atoms with van der Waals surface area (Å²) in [5.74, 6) is -2.47. The standard InChI is InChI=1S/C17H18FN3O5/c18-13-6-5-10(9-14(13)21(25)26)19-15(22)7-8-20-16(23)11-3-1-2-4-12(11)17(20)24/h5-6,9,11-12H,1-4,7-8H2,(H,19,22)/t11-,12-/m0/s1. The normalized spacial score (nSPS) is 22.3. The SMILES string of the molecule is O=C(CCN1C(=O)[C@H]2CCCC[C@@H]2C1=O)Nc1ccc(F)c([N+](=O)[O-])c1. The summed E-state index contributed by atoms with van der Waals surface area (Å²) in [4.78, 5) is 47.7. The lowest BCUT2D eigenvalue weighted by molar-refractivity contribution is -0.387. The number of nitro groups is 1. The Labute approximate surface area is 148 Å². The fourth-order valence-corrected chi connectivity index (χ4v) is 3.62. The van der Waals surface area contributed by atoms with E-state index in [2.05, 4.69) is 5.32 Å². The van der Waals surface area contributed by atoms with Crippen LogP contribution in [0.15, 0.2) is 18.2 Å². The van der Waals surface area contributed by atoms with Crippen molar-refractivity contribution in [2.75, 3.05) is 11.9 Å². The van der Waals surface area contributed by atoms with Gasteiger partial charge in [0.05, 0.1) is 16.8 Å². The molecule has 0 radical (unpaired) electrons. The largest absolute Gasteiger partial charge is 0.326 e. The van der Waals surface area contributed by atoms with E-state index < -0.39 is 22.3 Å². The lowest BCUT2D eigenvalue weighted by Crippen LogP contribution is -2.34. The van der Waals surface area contributed by atoms with E-state index in [1.54, 1.807) is 0 Å². The summed E-state index contributed by atoms with van der Waals surface area (Å²) >= 11 is 0. The van der Waals surface area contributed by atoms with Gasteiger partial charge in [0.25, 0.3) is 0 Å². The van der Waals surface area contributed by atoms with Crippen LogP contribution in [0.3, 0.4) is 0 Å². The van der Waals surface area contributed by atoms with Gasteiger partial charge in [-0.1, -0.05) is 12.8 Å². The Bertz CT molecular complexity index is 758. The summed E-state index contributed by atoms with van der Waals surface area (Å²) in [7, 11) is 0. The number of fused-ring (bicyclic) bond motifs is 1. The number of nitro benzene ring substituents is 1. The molecule has 0 spiro atoms. The van der Waals surface area contributed by atoms with Crippen molar-refractivity contribution in [1.29, 1.82) is 0 Å². The van der Waals surface area contributed by atoms with E-state index in [1.165, 1.54) is 6.07 Å². The van der Waals surface area contributed by atoms with Crippen molar-refractivity contribution in [3.63, 3.8) is 0 Å². The van der Waals surface area contributed by atoms with Gasteiger partial charge in [0, 0.05) is 24.7 Å². The summed E-state index contributed by atoms with van der Waals surface area (Å²) in [6, 6.07) is 3.03. The summed E-state index contributed by atoms with van der Waals surface area (Å²) < 4.78 is 13.3. The summed E-state index contributed by atoms with van der Waals surface area (Å²) in [5, 5.41) is 13.1. The number of halogens is 1. The van der Waals surface area contributed by atoms with Crippen LogP contribution in [0.25, 0.3) is 0 Å². The molecule has 138 valence electrons. The number of hydrogen-bond donors (Lipinski definition) is 1. The topological polar surface area (TPSA) is 110 Å². The number of benzene rings is 1. The molecule has 0 bridgehead atoms. The van der Waals surface area contributed by atoms with Crippen molar-refractivity contribution in [2.45, 2.75) is 32.1 Å². The predicted octanol–water partition coefficient (Wildman–Crippen LogP) is 2.24. The number of carbonyl (C=O) groups is 3. The Morgan fingerprint density at radius 2 is 1.85 bits per heavy atom. The number of nitrogens with zero attached hydrogens (tertiary/aromatic N) is 2. The maximum absolute atomic E-state index is 13.3. The molecular weight excluding hydrogens is 345 g/mol. The minimum absolute atomic E-state index is 0.0280. The van der Waals surface area contributed by atoms with E-state index >= 15 is 0 Å². The Kier molecular flexibility index (Phi) is 4.97. The molecule has 1 aliphatic carbocycles. The van der Waals surface area contributed by atoms with Crippen LogP contribution < -0.4 is 5.32 Å². The summed E-state index contributed by atoms with van der Waals surface area (Å²) in [5.41, 5.74) is -0.660. The highest BCUT2D eigenvalue weighted by atomic mass is 19.1. The number of hydrogen-bond acceptors (Lipinski definition) is 5. The second-order valence-electron chi connectivity index (χ2n) is 6.55. The van der Waals surface area contributed by atoms with Gasteiger partial charge in [-0.3, -0.25) is 29.4 Å². The van der Waals surface area contributed by atoms with Crippen molar-refractivity contribution in [2.24, 2.45) is 11.8 Å². The summed E-state index contributed by atoms with van der Waals surface area (Å²) in [6.07, 6.45) is 3.15. The minimum Gasteiger partial charge on any atom is -0.326 e. The van der Waals surface area contributed by atoms with Gasteiger partial charge in [-0.15, -0.1) is 0 Å². The molecule has 1 saturated heterocycles. The Hall–Kier alpha value is -2.84. The first-order chi connectivity index (χ1) is 12.4. The smallest absolute Gasteiger partial charge is 0.306 e. The molecule has 0 unspecified atom stereocenters. The fraction of sp³-hybridized carbons (Fsp3) is 0.471. The van der Waals surface area contributed by atoms with Crippen LogP contribution in [0.2, 0.25) is 0 Å². The third kappa shape index (κ3) is 3.42. The third-order valence-corrected chi connectivity index (χ3v) is 4.92. The monoisotopic (exact) mass is 363 g/mol. The first-order valence-electron chi connectivity index (χ1n) is 8.47. The number of nitrogens with one attached hydrogen (secondary N) is 1. The maximum Gasteiger partial charge on any atom is 0.306 e. The molecule has 1 aromatic rings. The van der Waals surface area contributed by atoms with Gasteiger partial charge in [-0.25, -0.2) is 0 Å². The van der Waals surface area contributed by atoms with E-state index in [0.29, 0.717) is 12.8 Å².